The molecule has 0 saturated carbocycles. The molecule has 0 saturated heterocycles. The van der Waals surface area contributed by atoms with Crippen molar-refractivity contribution in [3.8, 4) is 5.69 Å². The monoisotopic (exact) mass is 241 g/mol. The predicted molar refractivity (Wildman–Crippen MR) is 62.7 cm³/mol. The predicted octanol–water partition coefficient (Wildman–Crippen LogP) is 3.07. The van der Waals surface area contributed by atoms with Gasteiger partial charge in [0.05, 0.1) is 15.7 Å². The van der Waals surface area contributed by atoms with Crippen molar-refractivity contribution in [1.29, 1.82) is 0 Å². The number of nitrogens with two attached hydrogens (primary N) is 1. The van der Waals surface area contributed by atoms with Gasteiger partial charge in [0.15, 0.2) is 0 Å². The van der Waals surface area contributed by atoms with Crippen LogP contribution >= 0.6 is 23.2 Å². The highest BCUT2D eigenvalue weighted by Gasteiger charge is 2.05. The molecule has 1 aromatic heterocycles. The zero-order valence-corrected chi connectivity index (χ0v) is 9.55. The molecule has 1 heterocycles. The van der Waals surface area contributed by atoms with E-state index in [1.54, 1.807) is 16.8 Å². The van der Waals surface area contributed by atoms with Crippen molar-refractivity contribution in [3.05, 3.63) is 40.0 Å². The molecule has 0 amide bonds. The third-order valence-electron chi connectivity index (χ3n) is 2.10. The van der Waals surface area contributed by atoms with Crippen LogP contribution in [0.5, 0.6) is 0 Å². The van der Waals surface area contributed by atoms with Crippen molar-refractivity contribution >= 4 is 29.0 Å². The molecule has 0 fully saturated rings. The highest BCUT2D eigenvalue weighted by Crippen LogP contribution is 2.24. The van der Waals surface area contributed by atoms with Gasteiger partial charge in [0.2, 0.25) is 0 Å². The normalized spacial score (nSPS) is 10.6. The molecule has 2 aromatic rings. The molecule has 0 aliphatic heterocycles. The van der Waals surface area contributed by atoms with Crippen molar-refractivity contribution in [2.24, 2.45) is 0 Å². The van der Waals surface area contributed by atoms with E-state index in [0.29, 0.717) is 15.9 Å². The first-order chi connectivity index (χ1) is 7.08. The van der Waals surface area contributed by atoms with Crippen LogP contribution in [0.15, 0.2) is 24.4 Å². The molecule has 0 aliphatic carbocycles. The first-order valence-electron chi connectivity index (χ1n) is 4.35. The minimum Gasteiger partial charge on any atom is -0.382 e. The van der Waals surface area contributed by atoms with Crippen LogP contribution in [0, 0.1) is 6.92 Å². The Bertz CT molecular complexity index is 486. The lowest BCUT2D eigenvalue weighted by Crippen LogP contribution is -1.95. The average molecular weight is 242 g/mol. The SMILES string of the molecule is Cc1cn(-c2ccc(Cl)c(Cl)c2)nc1N. The van der Waals surface area contributed by atoms with Crippen molar-refractivity contribution in [1.82, 2.24) is 9.78 Å². The van der Waals surface area contributed by atoms with Crippen LogP contribution in [-0.4, -0.2) is 9.78 Å². The third kappa shape index (κ3) is 1.94. The van der Waals surface area contributed by atoms with Crippen LogP contribution in [0.4, 0.5) is 5.82 Å². The summed E-state index contributed by atoms with van der Waals surface area (Å²) >= 11 is 11.7. The largest absolute Gasteiger partial charge is 0.382 e. The van der Waals surface area contributed by atoms with Crippen LogP contribution in [0.3, 0.4) is 0 Å². The van der Waals surface area contributed by atoms with Crippen LogP contribution in [0.25, 0.3) is 5.69 Å². The summed E-state index contributed by atoms with van der Waals surface area (Å²) in [5.41, 5.74) is 7.42. The maximum atomic E-state index is 5.91. The number of nitrogens with zero attached hydrogens (tertiary/aromatic N) is 2. The Kier molecular flexibility index (Phi) is 2.59. The third-order valence-corrected chi connectivity index (χ3v) is 2.84. The van der Waals surface area contributed by atoms with Gasteiger partial charge in [0.1, 0.15) is 5.82 Å². The minimum absolute atomic E-state index is 0.501. The molecule has 2 rings (SSSR count). The topological polar surface area (TPSA) is 43.8 Å². The number of nitrogen functional groups attached to an aromatic ring is 1. The highest BCUT2D eigenvalue weighted by atomic mass is 35.5. The van der Waals surface area contributed by atoms with Crippen LogP contribution in [0.1, 0.15) is 5.56 Å². The van der Waals surface area contributed by atoms with Gasteiger partial charge in [-0.1, -0.05) is 23.2 Å². The smallest absolute Gasteiger partial charge is 0.148 e. The Morgan fingerprint density at radius 3 is 2.53 bits per heavy atom. The van der Waals surface area contributed by atoms with E-state index in [-0.39, 0.29) is 0 Å². The summed E-state index contributed by atoms with van der Waals surface area (Å²) in [7, 11) is 0. The lowest BCUT2D eigenvalue weighted by molar-refractivity contribution is 0.885. The molecule has 1 aromatic carbocycles. The molecule has 15 heavy (non-hydrogen) atoms. The molecule has 3 nitrogen and oxygen atoms in total. The molecule has 0 atom stereocenters. The molecule has 0 bridgehead atoms. The van der Waals surface area contributed by atoms with Gasteiger partial charge in [-0.05, 0) is 25.1 Å². The van der Waals surface area contributed by atoms with E-state index in [0.717, 1.165) is 11.3 Å². The number of aromatic nitrogens is 2. The first-order valence-corrected chi connectivity index (χ1v) is 5.10. The van der Waals surface area contributed by atoms with Crippen molar-refractivity contribution in [2.75, 3.05) is 5.73 Å². The van der Waals surface area contributed by atoms with Crippen LogP contribution in [-0.2, 0) is 0 Å². The number of hydrogen-bond acceptors (Lipinski definition) is 2. The summed E-state index contributed by atoms with van der Waals surface area (Å²) < 4.78 is 1.67. The molecule has 2 N–H and O–H groups in total. The van der Waals surface area contributed by atoms with Crippen molar-refractivity contribution in [3.63, 3.8) is 0 Å². The number of halogens is 2. The fourth-order valence-electron chi connectivity index (χ4n) is 1.23. The fourth-order valence-corrected chi connectivity index (χ4v) is 1.53. The van der Waals surface area contributed by atoms with Gasteiger partial charge in [-0.2, -0.15) is 5.10 Å². The molecule has 0 aliphatic rings. The molecule has 5 heteroatoms. The van der Waals surface area contributed by atoms with Gasteiger partial charge in [-0.15, -0.1) is 0 Å². The molecule has 0 radical (unpaired) electrons. The first kappa shape index (κ1) is 10.3. The Hall–Kier alpha value is -1.19. The Morgan fingerprint density at radius 2 is 2.00 bits per heavy atom. The second-order valence-corrected chi connectivity index (χ2v) is 4.05. The van der Waals surface area contributed by atoms with E-state index in [1.165, 1.54) is 0 Å². The summed E-state index contributed by atoms with van der Waals surface area (Å²) in [6.07, 6.45) is 1.84. The maximum Gasteiger partial charge on any atom is 0.148 e. The van der Waals surface area contributed by atoms with E-state index in [9.17, 15) is 0 Å². The van der Waals surface area contributed by atoms with Crippen LogP contribution in [0.2, 0.25) is 10.0 Å². The number of benzene rings is 1. The number of aryl methyl sites for hydroxylation is 1. The molecule has 0 spiro atoms. The maximum absolute atomic E-state index is 5.91. The van der Waals surface area contributed by atoms with Crippen molar-refractivity contribution < 1.29 is 0 Å². The van der Waals surface area contributed by atoms with E-state index < -0.39 is 0 Å². The fraction of sp³-hybridized carbons (Fsp3) is 0.100. The van der Waals surface area contributed by atoms with Gasteiger partial charge in [-0.25, -0.2) is 4.68 Å². The zero-order chi connectivity index (χ0) is 11.0. The molecule has 78 valence electrons. The summed E-state index contributed by atoms with van der Waals surface area (Å²) in [5.74, 6) is 0.515. The van der Waals surface area contributed by atoms with E-state index in [2.05, 4.69) is 5.10 Å². The lowest BCUT2D eigenvalue weighted by Gasteiger charge is -2.02. The number of anilines is 1. The van der Waals surface area contributed by atoms with Crippen LogP contribution < -0.4 is 5.73 Å². The van der Waals surface area contributed by atoms with Gasteiger partial charge in [-0.3, -0.25) is 0 Å². The Labute approximate surface area is 97.4 Å². The van der Waals surface area contributed by atoms with Crippen molar-refractivity contribution in [2.45, 2.75) is 6.92 Å². The van der Waals surface area contributed by atoms with E-state index in [1.807, 2.05) is 19.2 Å². The molecular formula is C10H9Cl2N3. The van der Waals surface area contributed by atoms with Gasteiger partial charge in [0.25, 0.3) is 0 Å². The zero-order valence-electron chi connectivity index (χ0n) is 8.04. The Balaban J connectivity index is 2.49. The summed E-state index contributed by atoms with van der Waals surface area (Å²) in [4.78, 5) is 0. The van der Waals surface area contributed by atoms with Gasteiger partial charge >= 0.3 is 0 Å². The van der Waals surface area contributed by atoms with Gasteiger partial charge < -0.3 is 5.73 Å². The quantitative estimate of drug-likeness (QED) is 0.835. The number of hydrogen-bond donors (Lipinski definition) is 1. The number of rotatable bonds is 1. The standard InChI is InChI=1S/C10H9Cl2N3/c1-6-5-15(14-10(6)13)7-2-3-8(11)9(12)4-7/h2-5H,1H3,(H2,13,14). The summed E-state index contributed by atoms with van der Waals surface area (Å²) in [6, 6.07) is 5.31. The minimum atomic E-state index is 0.501. The second-order valence-electron chi connectivity index (χ2n) is 3.24. The van der Waals surface area contributed by atoms with Gasteiger partial charge in [0, 0.05) is 11.8 Å². The lowest BCUT2D eigenvalue weighted by atomic mass is 10.3. The highest BCUT2D eigenvalue weighted by molar-refractivity contribution is 6.42. The Morgan fingerprint density at radius 1 is 1.27 bits per heavy atom. The second kappa shape index (κ2) is 3.76. The van der Waals surface area contributed by atoms with E-state index >= 15 is 0 Å². The summed E-state index contributed by atoms with van der Waals surface area (Å²) in [5, 5.41) is 5.17. The van der Waals surface area contributed by atoms with E-state index in [4.69, 9.17) is 28.9 Å². The average Bonchev–Trinajstić information content (AvgIpc) is 2.52. The molecule has 0 unspecified atom stereocenters. The molecular weight excluding hydrogens is 233 g/mol. The summed E-state index contributed by atoms with van der Waals surface area (Å²) in [6.45, 7) is 1.90.